The number of hydrogen-bond donors (Lipinski definition) is 3. The van der Waals surface area contributed by atoms with Gasteiger partial charge in [-0.1, -0.05) is 30.3 Å². The summed E-state index contributed by atoms with van der Waals surface area (Å²) in [5, 5.41) is 10.9. The average molecular weight is 570 g/mol. The van der Waals surface area contributed by atoms with E-state index in [9.17, 15) is 14.4 Å². The fourth-order valence-electron chi connectivity index (χ4n) is 5.11. The number of benzene rings is 3. The number of methoxy groups -OCH3 is 1. The number of amides is 2. The number of rotatable bonds is 9. The SMILES string of the molecule is COC(=O)c1cc2c(cc1C)/C(=C(/Nc1ccc(C(=O)N(C)OCCN3CCNCC3)cc1)c1ccccc1)C(=O)N2. The van der Waals surface area contributed by atoms with Crippen molar-refractivity contribution in [3.8, 4) is 0 Å². The first kappa shape index (κ1) is 29.0. The largest absolute Gasteiger partial charge is 0.465 e. The fraction of sp³-hybridized carbons (Fsp3) is 0.281. The molecular formula is C32H35N5O5. The van der Waals surface area contributed by atoms with E-state index in [4.69, 9.17) is 9.57 Å². The molecule has 2 heterocycles. The van der Waals surface area contributed by atoms with Crippen molar-refractivity contribution in [1.82, 2.24) is 15.3 Å². The molecule has 0 atom stereocenters. The second-order valence-electron chi connectivity index (χ2n) is 10.2. The van der Waals surface area contributed by atoms with E-state index in [0.29, 0.717) is 51.5 Å². The highest BCUT2D eigenvalue weighted by Crippen LogP contribution is 2.39. The minimum absolute atomic E-state index is 0.246. The molecule has 0 saturated carbocycles. The van der Waals surface area contributed by atoms with E-state index in [-0.39, 0.29) is 11.8 Å². The van der Waals surface area contributed by atoms with Crippen LogP contribution in [0.15, 0.2) is 66.7 Å². The van der Waals surface area contributed by atoms with Crippen LogP contribution >= 0.6 is 0 Å². The number of fused-ring (bicyclic) bond motifs is 1. The number of esters is 1. The van der Waals surface area contributed by atoms with Crippen molar-refractivity contribution in [1.29, 1.82) is 0 Å². The summed E-state index contributed by atoms with van der Waals surface area (Å²) in [5.74, 6) is -0.998. The summed E-state index contributed by atoms with van der Waals surface area (Å²) in [5.41, 5.74) is 5.36. The maximum atomic E-state index is 13.3. The first-order valence-corrected chi connectivity index (χ1v) is 13.9. The highest BCUT2D eigenvalue weighted by atomic mass is 16.7. The number of carbonyl (C=O) groups is 3. The molecule has 3 N–H and O–H groups in total. The van der Waals surface area contributed by atoms with Crippen LogP contribution < -0.4 is 16.0 Å². The Balaban J connectivity index is 1.37. The molecule has 1 saturated heterocycles. The first-order chi connectivity index (χ1) is 20.4. The van der Waals surface area contributed by atoms with Crippen molar-refractivity contribution in [2.75, 3.05) is 64.1 Å². The van der Waals surface area contributed by atoms with Crippen molar-refractivity contribution in [2.24, 2.45) is 0 Å². The molecule has 0 bridgehead atoms. The Hall–Kier alpha value is -4.51. The molecule has 0 aromatic heterocycles. The van der Waals surface area contributed by atoms with Crippen molar-refractivity contribution in [2.45, 2.75) is 6.92 Å². The molecule has 3 aromatic rings. The van der Waals surface area contributed by atoms with Crippen LogP contribution in [0.3, 0.4) is 0 Å². The van der Waals surface area contributed by atoms with E-state index in [0.717, 1.165) is 38.3 Å². The van der Waals surface area contributed by atoms with Crippen molar-refractivity contribution in [3.63, 3.8) is 0 Å². The molecular weight excluding hydrogens is 534 g/mol. The van der Waals surface area contributed by atoms with Crippen LogP contribution in [-0.2, 0) is 14.4 Å². The summed E-state index contributed by atoms with van der Waals surface area (Å²) in [6.07, 6.45) is 0. The molecule has 10 nitrogen and oxygen atoms in total. The van der Waals surface area contributed by atoms with Gasteiger partial charge >= 0.3 is 5.97 Å². The molecule has 0 spiro atoms. The minimum Gasteiger partial charge on any atom is -0.465 e. The predicted octanol–water partition coefficient (Wildman–Crippen LogP) is 3.62. The monoisotopic (exact) mass is 569 g/mol. The quantitative estimate of drug-likeness (QED) is 0.204. The molecule has 3 aromatic carbocycles. The summed E-state index contributed by atoms with van der Waals surface area (Å²) in [4.78, 5) is 46.5. The lowest BCUT2D eigenvalue weighted by atomic mass is 9.96. The highest BCUT2D eigenvalue weighted by Gasteiger charge is 2.30. The van der Waals surface area contributed by atoms with Gasteiger partial charge in [-0.25, -0.2) is 9.86 Å². The number of aryl methyl sites for hydroxylation is 1. The average Bonchev–Trinajstić information content (AvgIpc) is 3.33. The van der Waals surface area contributed by atoms with Crippen LogP contribution in [0.2, 0.25) is 0 Å². The molecule has 5 rings (SSSR count). The fourth-order valence-corrected chi connectivity index (χ4v) is 5.11. The molecule has 0 radical (unpaired) electrons. The van der Waals surface area contributed by atoms with E-state index in [1.54, 1.807) is 37.4 Å². The molecule has 2 aliphatic heterocycles. The van der Waals surface area contributed by atoms with E-state index in [1.807, 2.05) is 43.3 Å². The van der Waals surface area contributed by atoms with Gasteiger partial charge in [-0.3, -0.25) is 19.3 Å². The Morgan fingerprint density at radius 1 is 1.00 bits per heavy atom. The Labute approximate surface area is 245 Å². The van der Waals surface area contributed by atoms with Crippen molar-refractivity contribution >= 4 is 40.4 Å². The zero-order valence-corrected chi connectivity index (χ0v) is 24.0. The number of hydroxylamine groups is 2. The van der Waals surface area contributed by atoms with Crippen molar-refractivity contribution in [3.05, 3.63) is 94.5 Å². The lowest BCUT2D eigenvalue weighted by molar-refractivity contribution is -0.110. The van der Waals surface area contributed by atoms with Crippen LogP contribution in [0.1, 0.15) is 37.4 Å². The van der Waals surface area contributed by atoms with E-state index in [2.05, 4.69) is 20.9 Å². The third kappa shape index (κ3) is 6.36. The van der Waals surface area contributed by atoms with Crippen LogP contribution in [0, 0.1) is 6.92 Å². The molecule has 0 aliphatic carbocycles. The van der Waals surface area contributed by atoms with E-state index >= 15 is 0 Å². The standard InChI is InChI=1S/C32H35N5O5/c1-21-19-26-27(20-25(21)32(40)41-3)35-30(38)28(26)29(22-7-5-4-6-8-22)34-24-11-9-23(10-12-24)31(39)36(2)42-18-17-37-15-13-33-14-16-37/h4-12,19-20,33-34H,13-18H2,1-3H3,(H,35,38)/b29-28-. The number of hydrogen-bond acceptors (Lipinski definition) is 8. The smallest absolute Gasteiger partial charge is 0.338 e. The van der Waals surface area contributed by atoms with Crippen LogP contribution in [-0.4, -0.2) is 81.2 Å². The third-order valence-electron chi connectivity index (χ3n) is 7.42. The lowest BCUT2D eigenvalue weighted by Crippen LogP contribution is -2.45. The summed E-state index contributed by atoms with van der Waals surface area (Å²) >= 11 is 0. The minimum atomic E-state index is -0.464. The van der Waals surface area contributed by atoms with Gasteiger partial charge in [0.2, 0.25) is 0 Å². The van der Waals surface area contributed by atoms with Crippen LogP contribution in [0.5, 0.6) is 0 Å². The Morgan fingerprint density at radius 3 is 2.40 bits per heavy atom. The predicted molar refractivity (Wildman–Crippen MR) is 162 cm³/mol. The molecule has 218 valence electrons. The molecule has 2 amide bonds. The summed E-state index contributed by atoms with van der Waals surface area (Å²) in [6.45, 7) is 6.87. The number of piperazine rings is 1. The Morgan fingerprint density at radius 2 is 1.71 bits per heavy atom. The zero-order chi connectivity index (χ0) is 29.6. The van der Waals surface area contributed by atoms with Gasteiger partial charge in [0.1, 0.15) is 0 Å². The van der Waals surface area contributed by atoms with Gasteiger partial charge in [0.05, 0.1) is 36.2 Å². The molecule has 10 heteroatoms. The van der Waals surface area contributed by atoms with Gasteiger partial charge in [0.25, 0.3) is 11.8 Å². The number of nitrogens with zero attached hydrogens (tertiary/aromatic N) is 2. The second-order valence-corrected chi connectivity index (χ2v) is 10.2. The summed E-state index contributed by atoms with van der Waals surface area (Å²) in [6, 6.07) is 20.0. The summed E-state index contributed by atoms with van der Waals surface area (Å²) < 4.78 is 4.90. The van der Waals surface area contributed by atoms with Crippen molar-refractivity contribution < 1.29 is 24.0 Å². The zero-order valence-electron chi connectivity index (χ0n) is 24.0. The normalized spacial score (nSPS) is 15.9. The Kier molecular flexibility index (Phi) is 8.97. The van der Waals surface area contributed by atoms with Gasteiger partial charge in [0, 0.05) is 56.6 Å². The topological polar surface area (TPSA) is 112 Å². The maximum Gasteiger partial charge on any atom is 0.338 e. The van der Waals surface area contributed by atoms with Crippen LogP contribution in [0.4, 0.5) is 11.4 Å². The maximum absolute atomic E-state index is 13.3. The Bertz CT molecular complexity index is 1500. The van der Waals surface area contributed by atoms with Gasteiger partial charge in [-0.15, -0.1) is 0 Å². The third-order valence-corrected chi connectivity index (χ3v) is 7.42. The van der Waals surface area contributed by atoms with Gasteiger partial charge in [0.15, 0.2) is 0 Å². The highest BCUT2D eigenvalue weighted by molar-refractivity contribution is 6.37. The molecule has 2 aliphatic rings. The van der Waals surface area contributed by atoms with Gasteiger partial charge < -0.3 is 20.7 Å². The van der Waals surface area contributed by atoms with Gasteiger partial charge in [-0.05, 0) is 54.4 Å². The number of ether oxygens (including phenoxy) is 1. The molecule has 42 heavy (non-hydrogen) atoms. The number of carbonyl (C=O) groups excluding carboxylic acids is 3. The number of anilines is 2. The number of nitrogens with one attached hydrogen (secondary N) is 3. The van der Waals surface area contributed by atoms with E-state index in [1.165, 1.54) is 12.2 Å². The lowest BCUT2D eigenvalue weighted by Gasteiger charge is -2.27. The molecule has 0 unspecified atom stereocenters. The van der Waals surface area contributed by atoms with Gasteiger partial charge in [-0.2, -0.15) is 0 Å². The second kappa shape index (κ2) is 13.0. The molecule has 1 fully saturated rings. The summed E-state index contributed by atoms with van der Waals surface area (Å²) in [7, 11) is 2.95. The van der Waals surface area contributed by atoms with Crippen LogP contribution in [0.25, 0.3) is 11.3 Å². The first-order valence-electron chi connectivity index (χ1n) is 13.9. The van der Waals surface area contributed by atoms with E-state index < -0.39 is 5.97 Å².